The molecule has 0 bridgehead atoms. The fourth-order valence-corrected chi connectivity index (χ4v) is 3.92. The van der Waals surface area contributed by atoms with Gasteiger partial charge in [-0.05, 0) is 43.5 Å². The largest absolute Gasteiger partial charge is 0.484 e. The van der Waals surface area contributed by atoms with Crippen LogP contribution in [-0.2, 0) is 11.3 Å². The number of nitrogens with zero attached hydrogens (tertiary/aromatic N) is 5. The number of ether oxygens (including phenoxy) is 2. The van der Waals surface area contributed by atoms with Crippen LogP contribution in [0.1, 0.15) is 25.3 Å². The highest BCUT2D eigenvalue weighted by molar-refractivity contribution is 6.33. The van der Waals surface area contributed by atoms with Crippen molar-refractivity contribution in [2.45, 2.75) is 31.9 Å². The second-order valence-electron chi connectivity index (χ2n) is 9.13. The summed E-state index contributed by atoms with van der Waals surface area (Å²) >= 11 is 6.70. The van der Waals surface area contributed by atoms with Gasteiger partial charge in [0.05, 0.1) is 11.6 Å². The first-order valence-corrected chi connectivity index (χ1v) is 11.8. The van der Waals surface area contributed by atoms with Crippen LogP contribution in [0.4, 0.5) is 0 Å². The van der Waals surface area contributed by atoms with E-state index in [9.17, 15) is 4.79 Å². The Morgan fingerprint density at radius 1 is 1.14 bits per heavy atom. The third-order valence-corrected chi connectivity index (χ3v) is 6.33. The van der Waals surface area contributed by atoms with E-state index in [4.69, 9.17) is 26.1 Å². The molecule has 2 aromatic carbocycles. The smallest absolute Gasteiger partial charge is 0.259 e. The van der Waals surface area contributed by atoms with Gasteiger partial charge in [0.15, 0.2) is 17.8 Å². The minimum Gasteiger partial charge on any atom is -0.484 e. The van der Waals surface area contributed by atoms with Gasteiger partial charge >= 0.3 is 0 Å². The molecule has 35 heavy (non-hydrogen) atoms. The Morgan fingerprint density at radius 3 is 2.60 bits per heavy atom. The van der Waals surface area contributed by atoms with Crippen molar-refractivity contribution in [2.75, 3.05) is 20.7 Å². The molecular weight excluding hydrogens is 466 g/mol. The summed E-state index contributed by atoms with van der Waals surface area (Å²) in [4.78, 5) is 27.2. The van der Waals surface area contributed by atoms with E-state index in [-0.39, 0.29) is 18.1 Å². The summed E-state index contributed by atoms with van der Waals surface area (Å²) in [6, 6.07) is 15.4. The molecule has 2 heterocycles. The highest BCUT2D eigenvalue weighted by Crippen LogP contribution is 2.41. The molecule has 1 fully saturated rings. The molecule has 0 spiro atoms. The van der Waals surface area contributed by atoms with E-state index >= 15 is 0 Å². The van der Waals surface area contributed by atoms with Gasteiger partial charge < -0.3 is 18.9 Å². The topological polar surface area (TPSA) is 82.4 Å². The minimum absolute atomic E-state index is 0.0652. The van der Waals surface area contributed by atoms with Crippen LogP contribution in [0.5, 0.6) is 11.6 Å². The first-order chi connectivity index (χ1) is 16.8. The van der Waals surface area contributed by atoms with Crippen LogP contribution in [0.25, 0.3) is 22.6 Å². The van der Waals surface area contributed by atoms with E-state index in [1.165, 1.54) is 11.2 Å². The van der Waals surface area contributed by atoms with Crippen molar-refractivity contribution in [2.24, 2.45) is 0 Å². The van der Waals surface area contributed by atoms with Crippen molar-refractivity contribution in [3.8, 4) is 23.0 Å². The molecule has 1 amide bonds. The lowest BCUT2D eigenvalue weighted by atomic mass is 10.2. The van der Waals surface area contributed by atoms with Crippen LogP contribution in [0, 0.1) is 0 Å². The lowest BCUT2D eigenvalue weighted by Crippen LogP contribution is -2.27. The summed E-state index contributed by atoms with van der Waals surface area (Å²) in [5.41, 5.74) is 2.88. The molecule has 2 aromatic heterocycles. The Bertz CT molecular complexity index is 1380. The van der Waals surface area contributed by atoms with Crippen molar-refractivity contribution in [1.82, 2.24) is 24.4 Å². The maximum atomic E-state index is 11.9. The molecule has 0 atom stereocenters. The zero-order valence-electron chi connectivity index (χ0n) is 19.9. The molecule has 0 radical (unpaired) electrons. The van der Waals surface area contributed by atoms with Crippen molar-refractivity contribution in [1.29, 1.82) is 0 Å². The predicted molar refractivity (Wildman–Crippen MR) is 134 cm³/mol. The number of carbonyl (C=O) groups is 1. The van der Waals surface area contributed by atoms with E-state index in [0.717, 1.165) is 24.0 Å². The number of amides is 1. The van der Waals surface area contributed by atoms with Crippen molar-refractivity contribution >= 4 is 28.7 Å². The van der Waals surface area contributed by atoms with E-state index in [2.05, 4.69) is 29.0 Å². The SMILES string of the molecule is CN(C)C(=O)COc1ccc(-c2nc3c(OC4(C)CC4)ncnc3n2Cc2ccccc2)c(Cl)c1. The molecule has 180 valence electrons. The average Bonchev–Trinajstić information content (AvgIpc) is 3.46. The highest BCUT2D eigenvalue weighted by Gasteiger charge is 2.41. The van der Waals surface area contributed by atoms with Gasteiger partial charge in [-0.25, -0.2) is 9.97 Å². The molecular formula is C26H26ClN5O3. The van der Waals surface area contributed by atoms with Crippen molar-refractivity contribution in [3.63, 3.8) is 0 Å². The van der Waals surface area contributed by atoms with Crippen LogP contribution in [-0.4, -0.2) is 56.6 Å². The summed E-state index contributed by atoms with van der Waals surface area (Å²) in [6.45, 7) is 2.55. The number of rotatable bonds is 8. The van der Waals surface area contributed by atoms with Crippen LogP contribution >= 0.6 is 11.6 Å². The second kappa shape index (κ2) is 9.19. The summed E-state index contributed by atoms with van der Waals surface area (Å²) in [5, 5.41) is 0.453. The Kier molecular flexibility index (Phi) is 6.06. The maximum Gasteiger partial charge on any atom is 0.259 e. The van der Waals surface area contributed by atoms with Gasteiger partial charge in [-0.3, -0.25) is 4.79 Å². The van der Waals surface area contributed by atoms with Gasteiger partial charge in [0.25, 0.3) is 5.91 Å². The number of hydrogen-bond donors (Lipinski definition) is 0. The summed E-state index contributed by atoms with van der Waals surface area (Å²) in [5.74, 6) is 1.49. The van der Waals surface area contributed by atoms with Gasteiger partial charge in [-0.2, -0.15) is 4.98 Å². The van der Waals surface area contributed by atoms with Crippen molar-refractivity contribution in [3.05, 3.63) is 65.4 Å². The maximum absolute atomic E-state index is 11.9. The van der Waals surface area contributed by atoms with E-state index < -0.39 is 0 Å². The number of fused-ring (bicyclic) bond motifs is 1. The quantitative estimate of drug-likeness (QED) is 0.358. The zero-order valence-corrected chi connectivity index (χ0v) is 20.6. The minimum atomic E-state index is -0.203. The Balaban J connectivity index is 1.56. The lowest BCUT2D eigenvalue weighted by molar-refractivity contribution is -0.130. The molecule has 8 nitrogen and oxygen atoms in total. The fourth-order valence-electron chi connectivity index (χ4n) is 3.66. The van der Waals surface area contributed by atoms with Crippen LogP contribution in [0.15, 0.2) is 54.9 Å². The lowest BCUT2D eigenvalue weighted by Gasteiger charge is -2.13. The summed E-state index contributed by atoms with van der Waals surface area (Å²) in [6.07, 6.45) is 3.48. The Hall–Kier alpha value is -3.65. The average molecular weight is 492 g/mol. The standard InChI is InChI=1S/C26H26ClN5O3/c1-26(11-12-26)35-25-22-24(28-16-29-25)32(14-17-7-5-4-6-8-17)23(30-22)19-10-9-18(13-20(19)27)34-15-21(33)31(2)3/h4-10,13,16H,11-12,14-15H2,1-3H3. The summed E-state index contributed by atoms with van der Waals surface area (Å²) < 4.78 is 13.8. The fraction of sp³-hybridized carbons (Fsp3) is 0.308. The number of imidazole rings is 1. The number of carbonyl (C=O) groups excluding carboxylic acids is 1. The highest BCUT2D eigenvalue weighted by atomic mass is 35.5. The molecule has 0 N–H and O–H groups in total. The second-order valence-corrected chi connectivity index (χ2v) is 9.54. The molecule has 0 aliphatic heterocycles. The molecule has 1 aliphatic carbocycles. The Morgan fingerprint density at radius 2 is 1.91 bits per heavy atom. The van der Waals surface area contributed by atoms with E-state index in [0.29, 0.717) is 40.2 Å². The number of likely N-dealkylation sites (N-methyl/N-ethyl adjacent to an activating group) is 1. The number of aromatic nitrogens is 4. The normalized spacial score (nSPS) is 14.1. The molecule has 9 heteroatoms. The predicted octanol–water partition coefficient (Wildman–Crippen LogP) is 4.59. The number of halogens is 1. The van der Waals surface area contributed by atoms with Crippen LogP contribution in [0.3, 0.4) is 0 Å². The van der Waals surface area contributed by atoms with E-state index in [1.807, 2.05) is 28.8 Å². The first-order valence-electron chi connectivity index (χ1n) is 11.4. The molecule has 5 rings (SSSR count). The van der Waals surface area contributed by atoms with Gasteiger partial charge in [0.2, 0.25) is 5.88 Å². The molecule has 1 aliphatic rings. The zero-order chi connectivity index (χ0) is 24.6. The first kappa shape index (κ1) is 23.1. The molecule has 0 unspecified atom stereocenters. The summed E-state index contributed by atoms with van der Waals surface area (Å²) in [7, 11) is 3.37. The third-order valence-electron chi connectivity index (χ3n) is 6.02. The van der Waals surface area contributed by atoms with Gasteiger partial charge in [0.1, 0.15) is 23.5 Å². The Labute approximate surface area is 208 Å². The third kappa shape index (κ3) is 4.93. The van der Waals surface area contributed by atoms with Crippen LogP contribution in [0.2, 0.25) is 5.02 Å². The number of benzene rings is 2. The molecule has 0 saturated heterocycles. The monoisotopic (exact) mass is 491 g/mol. The van der Waals surface area contributed by atoms with Gasteiger partial charge in [-0.1, -0.05) is 41.9 Å². The van der Waals surface area contributed by atoms with Crippen molar-refractivity contribution < 1.29 is 14.3 Å². The van der Waals surface area contributed by atoms with E-state index in [1.54, 1.807) is 26.2 Å². The molecule has 4 aromatic rings. The van der Waals surface area contributed by atoms with Crippen LogP contribution < -0.4 is 9.47 Å². The number of hydrogen-bond acceptors (Lipinski definition) is 6. The van der Waals surface area contributed by atoms with Gasteiger partial charge in [-0.15, -0.1) is 0 Å². The molecule has 1 saturated carbocycles. The van der Waals surface area contributed by atoms with Gasteiger partial charge in [0, 0.05) is 19.7 Å².